The van der Waals surface area contributed by atoms with Gasteiger partial charge in [-0.15, -0.1) is 0 Å². The summed E-state index contributed by atoms with van der Waals surface area (Å²) >= 11 is 0. The highest BCUT2D eigenvalue weighted by Crippen LogP contribution is 2.16. The summed E-state index contributed by atoms with van der Waals surface area (Å²) in [5, 5.41) is 0. The molecule has 1 aliphatic rings. The molecule has 2 heterocycles. The van der Waals surface area contributed by atoms with E-state index in [2.05, 4.69) is 46.3 Å². The van der Waals surface area contributed by atoms with E-state index in [0.717, 1.165) is 45.5 Å². The molecule has 0 aliphatic carbocycles. The molecule has 0 unspecified atom stereocenters. The van der Waals surface area contributed by atoms with Crippen molar-refractivity contribution in [2.24, 2.45) is 0 Å². The largest absolute Gasteiger partial charge is 0.373 e. The van der Waals surface area contributed by atoms with Crippen LogP contribution < -0.4 is 0 Å². The molecule has 0 N–H and O–H groups in total. The molecule has 3 rings (SSSR count). The van der Waals surface area contributed by atoms with Gasteiger partial charge in [-0.3, -0.25) is 4.98 Å². The third-order valence-electron chi connectivity index (χ3n) is 4.33. The zero-order chi connectivity index (χ0) is 15.0. The molecule has 0 radical (unpaired) electrons. The van der Waals surface area contributed by atoms with Crippen molar-refractivity contribution in [2.45, 2.75) is 32.0 Å². The molecule has 0 atom stereocenters. The lowest BCUT2D eigenvalue weighted by Gasteiger charge is -2.31. The second-order valence-electron chi connectivity index (χ2n) is 5.94. The first-order valence-corrected chi connectivity index (χ1v) is 8.17. The van der Waals surface area contributed by atoms with Gasteiger partial charge in [-0.05, 0) is 42.5 Å². The molecule has 3 heteroatoms. The number of benzene rings is 1. The number of piperidine rings is 1. The number of rotatable bonds is 6. The van der Waals surface area contributed by atoms with Crippen molar-refractivity contribution in [3.63, 3.8) is 0 Å². The average Bonchev–Trinajstić information content (AvgIpc) is 2.61. The Morgan fingerprint density at radius 2 is 1.68 bits per heavy atom. The van der Waals surface area contributed by atoms with E-state index >= 15 is 0 Å². The van der Waals surface area contributed by atoms with Crippen molar-refractivity contribution in [2.75, 3.05) is 19.6 Å². The van der Waals surface area contributed by atoms with Crippen LogP contribution in [0.2, 0.25) is 0 Å². The van der Waals surface area contributed by atoms with E-state index in [1.165, 1.54) is 11.1 Å². The SMILES string of the molecule is c1ccc(COC2CCN(CCc3ccncc3)CC2)cc1. The van der Waals surface area contributed by atoms with Gasteiger partial charge in [-0.2, -0.15) is 0 Å². The fourth-order valence-corrected chi connectivity index (χ4v) is 2.92. The normalized spacial score (nSPS) is 16.7. The van der Waals surface area contributed by atoms with Crippen LogP contribution in [0.25, 0.3) is 0 Å². The predicted octanol–water partition coefficient (Wildman–Crippen LogP) is 3.31. The maximum absolute atomic E-state index is 6.05. The molecule has 0 amide bonds. The zero-order valence-corrected chi connectivity index (χ0v) is 13.0. The third-order valence-corrected chi connectivity index (χ3v) is 4.33. The van der Waals surface area contributed by atoms with Crippen molar-refractivity contribution in [1.82, 2.24) is 9.88 Å². The lowest BCUT2D eigenvalue weighted by atomic mass is 10.1. The van der Waals surface area contributed by atoms with Gasteiger partial charge in [0.1, 0.15) is 0 Å². The van der Waals surface area contributed by atoms with Gasteiger partial charge >= 0.3 is 0 Å². The van der Waals surface area contributed by atoms with Crippen LogP contribution in [-0.2, 0) is 17.8 Å². The number of nitrogens with zero attached hydrogens (tertiary/aromatic N) is 2. The van der Waals surface area contributed by atoms with E-state index in [1.807, 2.05) is 18.5 Å². The highest BCUT2D eigenvalue weighted by Gasteiger charge is 2.19. The fraction of sp³-hybridized carbons (Fsp3) is 0.421. The van der Waals surface area contributed by atoms with Crippen molar-refractivity contribution in [3.05, 3.63) is 66.0 Å². The average molecular weight is 296 g/mol. The Kier molecular flexibility index (Phi) is 5.57. The molecular formula is C19H24N2O. The third kappa shape index (κ3) is 4.65. The number of pyridine rings is 1. The van der Waals surface area contributed by atoms with Crippen molar-refractivity contribution in [1.29, 1.82) is 0 Å². The van der Waals surface area contributed by atoms with E-state index in [0.29, 0.717) is 6.10 Å². The van der Waals surface area contributed by atoms with Gasteiger partial charge in [-0.25, -0.2) is 0 Å². The molecule has 1 aromatic heterocycles. The summed E-state index contributed by atoms with van der Waals surface area (Å²) in [5.41, 5.74) is 2.64. The van der Waals surface area contributed by atoms with Crippen molar-refractivity contribution < 1.29 is 4.74 Å². The number of hydrogen-bond acceptors (Lipinski definition) is 3. The minimum Gasteiger partial charge on any atom is -0.373 e. The second-order valence-corrected chi connectivity index (χ2v) is 5.94. The van der Waals surface area contributed by atoms with Crippen LogP contribution in [0.1, 0.15) is 24.0 Å². The molecule has 1 saturated heterocycles. The highest BCUT2D eigenvalue weighted by molar-refractivity contribution is 5.13. The Morgan fingerprint density at radius 1 is 0.955 bits per heavy atom. The second kappa shape index (κ2) is 8.06. The lowest BCUT2D eigenvalue weighted by Crippen LogP contribution is -2.38. The molecule has 3 nitrogen and oxygen atoms in total. The van der Waals surface area contributed by atoms with Crippen LogP contribution in [0.5, 0.6) is 0 Å². The Labute approximate surface area is 132 Å². The summed E-state index contributed by atoms with van der Waals surface area (Å²) in [5.74, 6) is 0. The van der Waals surface area contributed by atoms with Gasteiger partial charge in [-0.1, -0.05) is 30.3 Å². The number of aromatic nitrogens is 1. The summed E-state index contributed by atoms with van der Waals surface area (Å²) < 4.78 is 6.05. The topological polar surface area (TPSA) is 25.4 Å². The summed E-state index contributed by atoms with van der Waals surface area (Å²) in [7, 11) is 0. The van der Waals surface area contributed by atoms with E-state index in [-0.39, 0.29) is 0 Å². The van der Waals surface area contributed by atoms with E-state index in [1.54, 1.807) is 0 Å². The molecule has 116 valence electrons. The van der Waals surface area contributed by atoms with Gasteiger partial charge in [0.15, 0.2) is 0 Å². The minimum atomic E-state index is 0.414. The highest BCUT2D eigenvalue weighted by atomic mass is 16.5. The Hall–Kier alpha value is -1.71. The molecule has 0 bridgehead atoms. The number of hydrogen-bond donors (Lipinski definition) is 0. The van der Waals surface area contributed by atoms with E-state index in [4.69, 9.17) is 4.74 Å². The summed E-state index contributed by atoms with van der Waals surface area (Å²) in [4.78, 5) is 6.61. The number of ether oxygens (including phenoxy) is 1. The van der Waals surface area contributed by atoms with Gasteiger partial charge in [0.25, 0.3) is 0 Å². The molecule has 22 heavy (non-hydrogen) atoms. The molecule has 1 aliphatic heterocycles. The van der Waals surface area contributed by atoms with E-state index < -0.39 is 0 Å². The quantitative estimate of drug-likeness (QED) is 0.818. The monoisotopic (exact) mass is 296 g/mol. The molecule has 2 aromatic rings. The fourth-order valence-electron chi connectivity index (χ4n) is 2.92. The van der Waals surface area contributed by atoms with Crippen LogP contribution in [0.3, 0.4) is 0 Å². The van der Waals surface area contributed by atoms with Crippen LogP contribution in [0.4, 0.5) is 0 Å². The molecule has 0 spiro atoms. The van der Waals surface area contributed by atoms with Crippen molar-refractivity contribution in [3.8, 4) is 0 Å². The maximum Gasteiger partial charge on any atom is 0.0720 e. The first-order valence-electron chi connectivity index (χ1n) is 8.17. The van der Waals surface area contributed by atoms with Crippen molar-refractivity contribution >= 4 is 0 Å². The maximum atomic E-state index is 6.05. The van der Waals surface area contributed by atoms with Gasteiger partial charge in [0.05, 0.1) is 12.7 Å². The Morgan fingerprint density at radius 3 is 2.41 bits per heavy atom. The van der Waals surface area contributed by atoms with Crippen LogP contribution >= 0.6 is 0 Å². The first kappa shape index (κ1) is 15.2. The molecular weight excluding hydrogens is 272 g/mol. The van der Waals surface area contributed by atoms with Gasteiger partial charge < -0.3 is 9.64 Å². The summed E-state index contributed by atoms with van der Waals surface area (Å²) in [6.45, 7) is 4.16. The summed E-state index contributed by atoms with van der Waals surface area (Å²) in [6.07, 6.45) is 7.56. The lowest BCUT2D eigenvalue weighted by molar-refractivity contribution is -0.00218. The van der Waals surface area contributed by atoms with E-state index in [9.17, 15) is 0 Å². The van der Waals surface area contributed by atoms with Gasteiger partial charge in [0.2, 0.25) is 0 Å². The first-order chi connectivity index (χ1) is 10.9. The smallest absolute Gasteiger partial charge is 0.0720 e. The molecule has 1 fully saturated rings. The van der Waals surface area contributed by atoms with Crippen LogP contribution in [0.15, 0.2) is 54.9 Å². The van der Waals surface area contributed by atoms with Gasteiger partial charge in [0, 0.05) is 32.0 Å². The Bertz CT molecular complexity index is 484. The van der Waals surface area contributed by atoms with Crippen LogP contribution in [0, 0.1) is 0 Å². The summed E-state index contributed by atoms with van der Waals surface area (Å²) in [6, 6.07) is 14.7. The van der Waals surface area contributed by atoms with Crippen LogP contribution in [-0.4, -0.2) is 35.6 Å². The number of likely N-dealkylation sites (tertiary alicyclic amines) is 1. The molecule has 1 aromatic carbocycles. The standard InChI is InChI=1S/C19H24N2O/c1-2-4-18(5-3-1)16-22-19-9-14-21(15-10-19)13-8-17-6-11-20-12-7-17/h1-7,11-12,19H,8-10,13-16H2. The zero-order valence-electron chi connectivity index (χ0n) is 13.0. The predicted molar refractivity (Wildman–Crippen MR) is 88.6 cm³/mol. The molecule has 0 saturated carbocycles. The minimum absolute atomic E-state index is 0.414. The Balaban J connectivity index is 1.35.